The number of ether oxygens (including phenoxy) is 1. The summed E-state index contributed by atoms with van der Waals surface area (Å²) in [7, 11) is 0. The summed E-state index contributed by atoms with van der Waals surface area (Å²) < 4.78 is 6.79. The molecule has 5 fully saturated rings. The number of nitrogens with one attached hydrogen (secondary N) is 2. The molecule has 5 rings (SSSR count). The van der Waals surface area contributed by atoms with Gasteiger partial charge in [-0.05, 0) is 69.7 Å². The molecule has 6 heteroatoms. The van der Waals surface area contributed by atoms with Gasteiger partial charge in [-0.1, -0.05) is 39.5 Å². The Morgan fingerprint density at radius 3 is 2.37 bits per heavy atom. The van der Waals surface area contributed by atoms with Crippen LogP contribution in [0, 0.1) is 17.8 Å². The Morgan fingerprint density at radius 1 is 0.886 bits per heavy atom. The van der Waals surface area contributed by atoms with Crippen molar-refractivity contribution in [1.29, 1.82) is 0 Å². The first-order valence-electron chi connectivity index (χ1n) is 15.6. The number of hydrogen-bond donors (Lipinski definition) is 2. The molecule has 5 aliphatic rings. The predicted molar refractivity (Wildman–Crippen MR) is 144 cm³/mol. The molecule has 0 amide bonds. The third-order valence-corrected chi connectivity index (χ3v) is 9.92. The number of hydrazine groups is 1. The number of piperazine rings is 1. The number of piperidine rings is 1. The van der Waals surface area contributed by atoms with Crippen LogP contribution < -0.4 is 10.7 Å². The zero-order valence-electron chi connectivity index (χ0n) is 22.9. The Balaban J connectivity index is 1.18. The highest BCUT2D eigenvalue weighted by atomic mass is 16.5. The number of hydrogen-bond acceptors (Lipinski definition) is 6. The van der Waals surface area contributed by atoms with Crippen molar-refractivity contribution in [3.63, 3.8) is 0 Å². The van der Waals surface area contributed by atoms with E-state index in [-0.39, 0.29) is 0 Å². The van der Waals surface area contributed by atoms with Crippen LogP contribution in [0.4, 0.5) is 0 Å². The van der Waals surface area contributed by atoms with Gasteiger partial charge in [0.25, 0.3) is 0 Å². The average Bonchev–Trinajstić information content (AvgIpc) is 3.49. The van der Waals surface area contributed by atoms with Crippen molar-refractivity contribution in [2.75, 3.05) is 52.4 Å². The fourth-order valence-electron chi connectivity index (χ4n) is 8.07. The van der Waals surface area contributed by atoms with Crippen LogP contribution >= 0.6 is 0 Å². The molecule has 35 heavy (non-hydrogen) atoms. The Hall–Kier alpha value is -0.240. The van der Waals surface area contributed by atoms with Gasteiger partial charge in [-0.15, -0.1) is 0 Å². The van der Waals surface area contributed by atoms with Crippen molar-refractivity contribution in [1.82, 2.24) is 25.6 Å². The number of fused-ring (bicyclic) bond motifs is 1. The molecule has 0 aromatic heterocycles. The van der Waals surface area contributed by atoms with Gasteiger partial charge in [0.2, 0.25) is 0 Å². The number of rotatable bonds is 10. The summed E-state index contributed by atoms with van der Waals surface area (Å²) in [6, 6.07) is 0.502. The van der Waals surface area contributed by atoms with Crippen LogP contribution in [0.5, 0.6) is 0 Å². The quantitative estimate of drug-likeness (QED) is 0.482. The third-order valence-electron chi connectivity index (χ3n) is 9.92. The summed E-state index contributed by atoms with van der Waals surface area (Å²) >= 11 is 0. The highest BCUT2D eigenvalue weighted by molar-refractivity contribution is 4.98. The van der Waals surface area contributed by atoms with Gasteiger partial charge in [0.15, 0.2) is 0 Å². The van der Waals surface area contributed by atoms with Crippen molar-refractivity contribution in [3.8, 4) is 0 Å². The molecule has 2 N–H and O–H groups in total. The van der Waals surface area contributed by atoms with Crippen molar-refractivity contribution >= 4 is 0 Å². The molecular formula is C29H55N5O. The van der Waals surface area contributed by atoms with Crippen LogP contribution in [0.1, 0.15) is 90.9 Å². The van der Waals surface area contributed by atoms with Gasteiger partial charge in [-0.25, -0.2) is 10.4 Å². The van der Waals surface area contributed by atoms with Crippen LogP contribution in [0.15, 0.2) is 0 Å². The molecule has 0 spiro atoms. The molecular weight excluding hydrogens is 434 g/mol. The summed E-state index contributed by atoms with van der Waals surface area (Å²) in [5.41, 5.74) is 4.05. The minimum absolute atomic E-state index is 0.418. The lowest BCUT2D eigenvalue weighted by Gasteiger charge is -2.42. The lowest BCUT2D eigenvalue weighted by Crippen LogP contribution is -2.57. The molecule has 4 heterocycles. The standard InChI is InChI=1S/C29H55N5O/c1-3-9-23(10-4-2)20-34-22-25(29(31-34)27-19-24-11-5-6-12-26(24)35-27)21-32-15-17-33(18-16-32)28-13-7-8-14-30-28/h23-31H,3-22H2,1-2H3. The zero-order chi connectivity index (χ0) is 24.0. The molecule has 1 saturated carbocycles. The van der Waals surface area contributed by atoms with Gasteiger partial charge in [0, 0.05) is 51.7 Å². The second-order valence-electron chi connectivity index (χ2n) is 12.6. The predicted octanol–water partition coefficient (Wildman–Crippen LogP) is 4.07. The van der Waals surface area contributed by atoms with Gasteiger partial charge in [0.05, 0.1) is 24.4 Å². The molecule has 0 bridgehead atoms. The first-order chi connectivity index (χ1) is 17.2. The molecule has 0 aromatic rings. The first kappa shape index (κ1) is 26.4. The van der Waals surface area contributed by atoms with E-state index in [4.69, 9.17) is 4.74 Å². The zero-order valence-corrected chi connectivity index (χ0v) is 22.9. The molecule has 4 aliphatic heterocycles. The largest absolute Gasteiger partial charge is 0.373 e. The van der Waals surface area contributed by atoms with Crippen molar-refractivity contribution in [3.05, 3.63) is 0 Å². The topological polar surface area (TPSA) is 43.0 Å². The molecule has 6 nitrogen and oxygen atoms in total. The fraction of sp³-hybridized carbons (Fsp3) is 1.00. The Labute approximate surface area is 215 Å². The second-order valence-corrected chi connectivity index (χ2v) is 12.6. The highest BCUT2D eigenvalue weighted by Gasteiger charge is 2.46. The molecule has 0 radical (unpaired) electrons. The van der Waals surface area contributed by atoms with E-state index in [0.717, 1.165) is 11.8 Å². The molecule has 6 unspecified atom stereocenters. The Kier molecular flexibility index (Phi) is 9.81. The van der Waals surface area contributed by atoms with E-state index in [9.17, 15) is 0 Å². The summed E-state index contributed by atoms with van der Waals surface area (Å²) in [6.07, 6.45) is 17.8. The summed E-state index contributed by atoms with van der Waals surface area (Å²) in [6.45, 7) is 14.5. The smallest absolute Gasteiger partial charge is 0.0752 e. The monoisotopic (exact) mass is 489 g/mol. The second kappa shape index (κ2) is 13.0. The van der Waals surface area contributed by atoms with E-state index in [1.54, 1.807) is 0 Å². The molecule has 1 aliphatic carbocycles. The minimum Gasteiger partial charge on any atom is -0.373 e. The van der Waals surface area contributed by atoms with Gasteiger partial charge >= 0.3 is 0 Å². The summed E-state index contributed by atoms with van der Waals surface area (Å²) in [4.78, 5) is 5.50. The van der Waals surface area contributed by atoms with E-state index in [2.05, 4.69) is 39.4 Å². The highest BCUT2D eigenvalue weighted by Crippen LogP contribution is 2.40. The van der Waals surface area contributed by atoms with Crippen molar-refractivity contribution in [2.45, 2.75) is 115 Å². The van der Waals surface area contributed by atoms with Crippen LogP contribution in [-0.4, -0.2) is 91.6 Å². The van der Waals surface area contributed by atoms with Gasteiger partial charge in [-0.3, -0.25) is 4.90 Å². The van der Waals surface area contributed by atoms with Crippen molar-refractivity contribution < 1.29 is 4.74 Å². The van der Waals surface area contributed by atoms with Gasteiger partial charge in [-0.2, -0.15) is 0 Å². The maximum atomic E-state index is 6.79. The van der Waals surface area contributed by atoms with Gasteiger partial charge in [0.1, 0.15) is 0 Å². The third kappa shape index (κ3) is 6.80. The Morgan fingerprint density at radius 2 is 1.66 bits per heavy atom. The normalized spacial score (nSPS) is 37.8. The van der Waals surface area contributed by atoms with E-state index in [1.165, 1.54) is 129 Å². The SMILES string of the molecule is CCCC(CCC)CN1CC(CN2CCN(C3CCCCN3)CC2)C(C2CC3CCCCC3O2)N1. The maximum absolute atomic E-state index is 6.79. The van der Waals surface area contributed by atoms with Crippen LogP contribution in [0.2, 0.25) is 0 Å². The molecule has 202 valence electrons. The summed E-state index contributed by atoms with van der Waals surface area (Å²) in [5, 5.41) is 6.39. The number of nitrogens with zero attached hydrogens (tertiary/aromatic N) is 3. The van der Waals surface area contributed by atoms with Crippen LogP contribution in [0.3, 0.4) is 0 Å². The van der Waals surface area contributed by atoms with Gasteiger partial charge < -0.3 is 15.0 Å². The van der Waals surface area contributed by atoms with E-state index in [0.29, 0.717) is 30.3 Å². The molecule has 4 saturated heterocycles. The van der Waals surface area contributed by atoms with E-state index in [1.807, 2.05) is 0 Å². The van der Waals surface area contributed by atoms with E-state index >= 15 is 0 Å². The van der Waals surface area contributed by atoms with E-state index < -0.39 is 0 Å². The fourth-order valence-corrected chi connectivity index (χ4v) is 8.07. The first-order valence-corrected chi connectivity index (χ1v) is 15.6. The van der Waals surface area contributed by atoms with Crippen LogP contribution in [-0.2, 0) is 4.74 Å². The van der Waals surface area contributed by atoms with Crippen molar-refractivity contribution in [2.24, 2.45) is 17.8 Å². The minimum atomic E-state index is 0.418. The lowest BCUT2D eigenvalue weighted by molar-refractivity contribution is -0.00995. The van der Waals surface area contributed by atoms with Crippen LogP contribution in [0.25, 0.3) is 0 Å². The molecule has 0 aromatic carbocycles. The Bertz CT molecular complexity index is 600. The lowest BCUT2D eigenvalue weighted by atomic mass is 9.83. The average molecular weight is 490 g/mol. The maximum Gasteiger partial charge on any atom is 0.0752 e. The summed E-state index contributed by atoms with van der Waals surface area (Å²) in [5.74, 6) is 2.34. The molecule has 6 atom stereocenters.